The molecule has 120 valence electrons. The van der Waals surface area contributed by atoms with E-state index in [0.29, 0.717) is 11.8 Å². The number of hydrogen-bond donors (Lipinski definition) is 2. The van der Waals surface area contributed by atoms with E-state index in [4.69, 9.17) is 15.0 Å². The maximum Gasteiger partial charge on any atom is 0.323 e. The van der Waals surface area contributed by atoms with Crippen LogP contribution in [0.4, 0.5) is 0 Å². The molecule has 21 heavy (non-hydrogen) atoms. The van der Waals surface area contributed by atoms with Gasteiger partial charge < -0.3 is 10.5 Å². The standard InChI is InChI=1S/C14H23NO5S/c15-12(1-2-21(17,18)19)14(16)20-13-10-4-8-3-9(6-10)7-11(13)5-8/h8-13H,1-7,15H2,(H,17,18,19). The van der Waals surface area contributed by atoms with Gasteiger partial charge in [-0.2, -0.15) is 8.42 Å². The average molecular weight is 317 g/mol. The predicted molar refractivity (Wildman–Crippen MR) is 75.9 cm³/mol. The molecule has 0 amide bonds. The largest absolute Gasteiger partial charge is 0.461 e. The van der Waals surface area contributed by atoms with Crippen LogP contribution in [0.15, 0.2) is 0 Å². The van der Waals surface area contributed by atoms with Crippen LogP contribution in [0.2, 0.25) is 0 Å². The van der Waals surface area contributed by atoms with Gasteiger partial charge in [-0.3, -0.25) is 9.35 Å². The van der Waals surface area contributed by atoms with Crippen LogP contribution in [-0.2, 0) is 19.6 Å². The zero-order valence-corrected chi connectivity index (χ0v) is 12.8. The predicted octanol–water partition coefficient (Wildman–Crippen LogP) is 0.959. The molecule has 0 aromatic rings. The van der Waals surface area contributed by atoms with Crippen LogP contribution in [0.25, 0.3) is 0 Å². The smallest absolute Gasteiger partial charge is 0.323 e. The van der Waals surface area contributed by atoms with Crippen molar-refractivity contribution in [2.75, 3.05) is 5.75 Å². The third-order valence-corrected chi connectivity index (χ3v) is 6.13. The highest BCUT2D eigenvalue weighted by Crippen LogP contribution is 2.54. The molecule has 1 atom stereocenters. The summed E-state index contributed by atoms with van der Waals surface area (Å²) in [6, 6.07) is -0.982. The number of ether oxygens (including phenoxy) is 1. The Morgan fingerprint density at radius 1 is 1.14 bits per heavy atom. The highest BCUT2D eigenvalue weighted by Gasteiger charge is 2.50. The monoisotopic (exact) mass is 317 g/mol. The number of carbonyl (C=O) groups excluding carboxylic acids is 1. The normalized spacial score (nSPS) is 39.2. The molecule has 0 aromatic heterocycles. The number of esters is 1. The van der Waals surface area contributed by atoms with Gasteiger partial charge in [0, 0.05) is 0 Å². The van der Waals surface area contributed by atoms with Crippen LogP contribution in [-0.4, -0.2) is 36.8 Å². The second-order valence-electron chi connectivity index (χ2n) is 7.01. The Morgan fingerprint density at radius 2 is 1.67 bits per heavy atom. The topological polar surface area (TPSA) is 107 Å². The zero-order valence-electron chi connectivity index (χ0n) is 12.0. The molecular weight excluding hydrogens is 294 g/mol. The summed E-state index contributed by atoms with van der Waals surface area (Å²) in [5, 5.41) is 0. The van der Waals surface area contributed by atoms with Crippen LogP contribution in [0.5, 0.6) is 0 Å². The fraction of sp³-hybridized carbons (Fsp3) is 0.929. The summed E-state index contributed by atoms with van der Waals surface area (Å²) in [7, 11) is -4.09. The minimum absolute atomic E-state index is 0.0397. The number of nitrogens with two attached hydrogens (primary N) is 1. The van der Waals surface area contributed by atoms with Crippen molar-refractivity contribution in [3.05, 3.63) is 0 Å². The first-order valence-electron chi connectivity index (χ1n) is 7.73. The van der Waals surface area contributed by atoms with E-state index >= 15 is 0 Å². The Morgan fingerprint density at radius 3 is 2.14 bits per heavy atom. The molecule has 0 radical (unpaired) electrons. The van der Waals surface area contributed by atoms with E-state index in [0.717, 1.165) is 37.5 Å². The average Bonchev–Trinajstić information content (AvgIpc) is 2.38. The van der Waals surface area contributed by atoms with E-state index in [9.17, 15) is 13.2 Å². The van der Waals surface area contributed by atoms with E-state index in [1.54, 1.807) is 0 Å². The Kier molecular flexibility index (Phi) is 4.00. The molecule has 0 aliphatic heterocycles. The van der Waals surface area contributed by atoms with E-state index in [2.05, 4.69) is 0 Å². The number of hydrogen-bond acceptors (Lipinski definition) is 5. The molecule has 0 aromatic carbocycles. The van der Waals surface area contributed by atoms with Crippen LogP contribution < -0.4 is 5.73 Å². The van der Waals surface area contributed by atoms with Gasteiger partial charge in [-0.1, -0.05) is 0 Å². The molecule has 1 unspecified atom stereocenters. The molecule has 0 spiro atoms. The highest BCUT2D eigenvalue weighted by molar-refractivity contribution is 7.85. The molecule has 4 aliphatic rings. The molecule has 4 rings (SSSR count). The molecular formula is C14H23NO5S. The molecule has 7 heteroatoms. The lowest BCUT2D eigenvalue weighted by Crippen LogP contribution is -2.51. The number of rotatable bonds is 5. The van der Waals surface area contributed by atoms with Crippen molar-refractivity contribution in [3.8, 4) is 0 Å². The molecule has 3 N–H and O–H groups in total. The summed E-state index contributed by atoms with van der Waals surface area (Å²) >= 11 is 0. The van der Waals surface area contributed by atoms with E-state index in [-0.39, 0.29) is 12.5 Å². The SMILES string of the molecule is NC(CCS(=O)(=O)O)C(=O)OC1C2CC3CC(C2)CC1C3. The first-order valence-corrected chi connectivity index (χ1v) is 9.34. The van der Waals surface area contributed by atoms with Gasteiger partial charge in [0.05, 0.1) is 5.75 Å². The van der Waals surface area contributed by atoms with Crippen molar-refractivity contribution in [2.45, 2.75) is 50.7 Å². The summed E-state index contributed by atoms with van der Waals surface area (Å²) in [6.07, 6.45) is 5.77. The highest BCUT2D eigenvalue weighted by atomic mass is 32.2. The fourth-order valence-corrected chi connectivity index (χ4v) is 5.23. The van der Waals surface area contributed by atoms with E-state index < -0.39 is 27.9 Å². The minimum atomic E-state index is -4.09. The maximum absolute atomic E-state index is 12.0. The molecule has 6 nitrogen and oxygen atoms in total. The van der Waals surface area contributed by atoms with E-state index in [1.165, 1.54) is 6.42 Å². The summed E-state index contributed by atoms with van der Waals surface area (Å²) in [5.41, 5.74) is 5.68. The van der Waals surface area contributed by atoms with Crippen LogP contribution in [0.3, 0.4) is 0 Å². The Bertz CT molecular complexity index is 489. The first kappa shape index (κ1) is 15.2. The quantitative estimate of drug-likeness (QED) is 0.578. The van der Waals surface area contributed by atoms with Gasteiger partial charge >= 0.3 is 5.97 Å². The summed E-state index contributed by atoms with van der Waals surface area (Å²) < 4.78 is 35.7. The number of carbonyl (C=O) groups is 1. The molecule has 4 saturated carbocycles. The maximum atomic E-state index is 12.0. The lowest BCUT2D eigenvalue weighted by Gasteiger charge is -2.53. The van der Waals surface area contributed by atoms with Crippen molar-refractivity contribution in [3.63, 3.8) is 0 Å². The van der Waals surface area contributed by atoms with Crippen molar-refractivity contribution in [2.24, 2.45) is 29.4 Å². The lowest BCUT2D eigenvalue weighted by molar-refractivity contribution is -0.172. The molecule has 4 aliphatic carbocycles. The zero-order chi connectivity index (χ0) is 15.2. The van der Waals surface area contributed by atoms with Gasteiger partial charge in [-0.25, -0.2) is 0 Å². The Labute approximate surface area is 125 Å². The van der Waals surface area contributed by atoms with Crippen molar-refractivity contribution in [1.82, 2.24) is 0 Å². The lowest BCUT2D eigenvalue weighted by atomic mass is 9.55. The van der Waals surface area contributed by atoms with Crippen LogP contribution >= 0.6 is 0 Å². The van der Waals surface area contributed by atoms with Gasteiger partial charge in [-0.15, -0.1) is 0 Å². The molecule has 0 saturated heterocycles. The minimum Gasteiger partial charge on any atom is -0.461 e. The van der Waals surface area contributed by atoms with Crippen LogP contribution in [0.1, 0.15) is 38.5 Å². The fourth-order valence-electron chi connectivity index (χ4n) is 4.68. The van der Waals surface area contributed by atoms with Crippen LogP contribution in [0, 0.1) is 23.7 Å². The van der Waals surface area contributed by atoms with Gasteiger partial charge in [-0.05, 0) is 62.2 Å². The van der Waals surface area contributed by atoms with Crippen molar-refractivity contribution in [1.29, 1.82) is 0 Å². The first-order chi connectivity index (χ1) is 9.82. The Balaban J connectivity index is 1.55. The third-order valence-electron chi connectivity index (χ3n) is 5.38. The van der Waals surface area contributed by atoms with Gasteiger partial charge in [0.15, 0.2) is 0 Å². The van der Waals surface area contributed by atoms with Gasteiger partial charge in [0.1, 0.15) is 12.1 Å². The van der Waals surface area contributed by atoms with Gasteiger partial charge in [0.25, 0.3) is 10.1 Å². The molecule has 0 heterocycles. The Hall–Kier alpha value is -0.660. The third kappa shape index (κ3) is 3.40. The summed E-state index contributed by atoms with van der Waals surface area (Å²) in [5.74, 6) is 1.48. The van der Waals surface area contributed by atoms with Crippen molar-refractivity contribution < 1.29 is 22.5 Å². The second-order valence-corrected chi connectivity index (χ2v) is 8.59. The van der Waals surface area contributed by atoms with Crippen molar-refractivity contribution >= 4 is 16.1 Å². The summed E-state index contributed by atoms with van der Waals surface area (Å²) in [6.45, 7) is 0. The molecule has 4 bridgehead atoms. The van der Waals surface area contributed by atoms with E-state index in [1.807, 2.05) is 0 Å². The van der Waals surface area contributed by atoms with Gasteiger partial charge in [0.2, 0.25) is 0 Å². The summed E-state index contributed by atoms with van der Waals surface area (Å²) in [4.78, 5) is 12.0. The molecule has 4 fully saturated rings. The second kappa shape index (κ2) is 5.52.